The highest BCUT2D eigenvalue weighted by Crippen LogP contribution is 2.27. The monoisotopic (exact) mass is 273 g/mol. The number of carboxylic acid groups (broad SMARTS) is 2. The normalized spacial score (nSPS) is 14.6. The Morgan fingerprint density at radius 3 is 1.95 bits per heavy atom. The summed E-state index contributed by atoms with van der Waals surface area (Å²) in [5.74, 6) is -1.29. The minimum absolute atomic E-state index is 0.417. The van der Waals surface area contributed by atoms with Crippen molar-refractivity contribution < 1.29 is 29.4 Å². The van der Waals surface area contributed by atoms with Gasteiger partial charge in [0.25, 0.3) is 0 Å². The van der Waals surface area contributed by atoms with Gasteiger partial charge in [-0.1, -0.05) is 0 Å². The second kappa shape index (κ2) is 5.97. The van der Waals surface area contributed by atoms with Gasteiger partial charge in [-0.3, -0.25) is 9.63 Å². The fourth-order valence-electron chi connectivity index (χ4n) is 1.41. The Bertz CT molecular complexity index is 418. The molecule has 19 heavy (non-hydrogen) atoms. The summed E-state index contributed by atoms with van der Waals surface area (Å²) in [6, 6.07) is 0. The van der Waals surface area contributed by atoms with Crippen molar-refractivity contribution in [1.82, 2.24) is 5.06 Å². The SMILES string of the molecule is CN(OC(C)(C)C)[C@](C)(C(=O)O)C(=C=O)CC(=O)O. The molecule has 7 heteroatoms. The molecule has 0 bridgehead atoms. The van der Waals surface area contributed by atoms with Crippen LogP contribution in [0.2, 0.25) is 0 Å². The van der Waals surface area contributed by atoms with Crippen LogP contribution >= 0.6 is 0 Å². The van der Waals surface area contributed by atoms with E-state index < -0.39 is 35.1 Å². The minimum atomic E-state index is -1.90. The molecular formula is C12H19NO6. The molecule has 0 aliphatic carbocycles. The lowest BCUT2D eigenvalue weighted by molar-refractivity contribution is -0.253. The molecule has 0 fully saturated rings. The summed E-state index contributed by atoms with van der Waals surface area (Å²) in [6.07, 6.45) is -0.718. The molecule has 108 valence electrons. The fourth-order valence-corrected chi connectivity index (χ4v) is 1.41. The van der Waals surface area contributed by atoms with Gasteiger partial charge in [-0.2, -0.15) is 5.06 Å². The molecule has 0 aliphatic rings. The van der Waals surface area contributed by atoms with E-state index in [-0.39, 0.29) is 0 Å². The van der Waals surface area contributed by atoms with Gasteiger partial charge >= 0.3 is 11.9 Å². The van der Waals surface area contributed by atoms with Crippen molar-refractivity contribution in [2.45, 2.75) is 45.3 Å². The predicted octanol–water partition coefficient (Wildman–Crippen LogP) is 0.724. The molecule has 2 N–H and O–H groups in total. The first-order valence-corrected chi connectivity index (χ1v) is 5.57. The lowest BCUT2D eigenvalue weighted by Gasteiger charge is -2.38. The van der Waals surface area contributed by atoms with Gasteiger partial charge in [0.15, 0.2) is 5.54 Å². The third-order valence-corrected chi connectivity index (χ3v) is 2.50. The van der Waals surface area contributed by atoms with Crippen LogP contribution in [-0.4, -0.2) is 51.3 Å². The maximum Gasteiger partial charge on any atom is 0.331 e. The number of likely N-dealkylation sites (N-methyl/N-ethyl adjacent to an activating group) is 1. The van der Waals surface area contributed by atoms with Crippen LogP contribution < -0.4 is 0 Å². The number of rotatable bonds is 6. The highest BCUT2D eigenvalue weighted by molar-refractivity contribution is 5.89. The topological polar surface area (TPSA) is 104 Å². The molecule has 0 aromatic rings. The molecule has 0 saturated heterocycles. The van der Waals surface area contributed by atoms with E-state index >= 15 is 0 Å². The molecule has 0 aliphatic heterocycles. The smallest absolute Gasteiger partial charge is 0.331 e. The maximum absolute atomic E-state index is 11.4. The average Bonchev–Trinajstić information content (AvgIpc) is 2.21. The zero-order valence-electron chi connectivity index (χ0n) is 11.7. The molecule has 0 unspecified atom stereocenters. The van der Waals surface area contributed by atoms with Crippen LogP contribution in [0.3, 0.4) is 0 Å². The van der Waals surface area contributed by atoms with Gasteiger partial charge in [0.2, 0.25) is 0 Å². The van der Waals surface area contributed by atoms with E-state index in [1.807, 2.05) is 0 Å². The summed E-state index contributed by atoms with van der Waals surface area (Å²) in [7, 11) is 1.33. The Balaban J connectivity index is 5.54. The van der Waals surface area contributed by atoms with Crippen molar-refractivity contribution in [3.05, 3.63) is 5.57 Å². The van der Waals surface area contributed by atoms with Crippen LogP contribution in [0.15, 0.2) is 5.57 Å². The van der Waals surface area contributed by atoms with Gasteiger partial charge in [0.05, 0.1) is 17.6 Å². The number of hydroxylamine groups is 2. The van der Waals surface area contributed by atoms with E-state index in [4.69, 9.17) is 9.94 Å². The van der Waals surface area contributed by atoms with Crippen LogP contribution in [0.25, 0.3) is 0 Å². The molecule has 0 saturated carbocycles. The van der Waals surface area contributed by atoms with Crippen LogP contribution in [0, 0.1) is 0 Å². The lowest BCUT2D eigenvalue weighted by Crippen LogP contribution is -2.54. The third-order valence-electron chi connectivity index (χ3n) is 2.50. The van der Waals surface area contributed by atoms with E-state index in [1.165, 1.54) is 19.9 Å². The standard InChI is InChI=1S/C12H19NO6/c1-11(2,3)19-13(5)12(4,10(17)18)8(7-14)6-9(15)16/h6H2,1-5H3,(H,15,16)(H,17,18)/t12-/m0/s1. The number of carbonyl (C=O) groups is 2. The van der Waals surface area contributed by atoms with E-state index in [1.54, 1.807) is 20.8 Å². The quantitative estimate of drug-likeness (QED) is 0.543. The number of carboxylic acids is 2. The predicted molar refractivity (Wildman–Crippen MR) is 66.1 cm³/mol. The van der Waals surface area contributed by atoms with Crippen molar-refractivity contribution >= 4 is 17.9 Å². The first kappa shape index (κ1) is 17.3. The van der Waals surface area contributed by atoms with Crippen molar-refractivity contribution in [3.8, 4) is 0 Å². The summed E-state index contributed by atoms with van der Waals surface area (Å²) in [6.45, 7) is 6.30. The average molecular weight is 273 g/mol. The van der Waals surface area contributed by atoms with Gasteiger partial charge in [0, 0.05) is 7.05 Å². The minimum Gasteiger partial charge on any atom is -0.481 e. The van der Waals surface area contributed by atoms with Gasteiger partial charge in [-0.25, -0.2) is 9.59 Å². The van der Waals surface area contributed by atoms with Gasteiger partial charge < -0.3 is 10.2 Å². The summed E-state index contributed by atoms with van der Waals surface area (Å²) in [5, 5.41) is 19.0. The van der Waals surface area contributed by atoms with Gasteiger partial charge in [0.1, 0.15) is 5.94 Å². The largest absolute Gasteiger partial charge is 0.481 e. The van der Waals surface area contributed by atoms with E-state index in [9.17, 15) is 19.5 Å². The highest BCUT2D eigenvalue weighted by Gasteiger charge is 2.45. The summed E-state index contributed by atoms with van der Waals surface area (Å²) in [5.41, 5.74) is -3.00. The zero-order chi connectivity index (χ0) is 15.4. The van der Waals surface area contributed by atoms with Crippen LogP contribution in [-0.2, 0) is 19.2 Å². The Hall–Kier alpha value is -1.69. The van der Waals surface area contributed by atoms with Crippen LogP contribution in [0.1, 0.15) is 34.1 Å². The van der Waals surface area contributed by atoms with Gasteiger partial charge in [-0.15, -0.1) is 0 Å². The number of aliphatic carboxylic acids is 2. The van der Waals surface area contributed by atoms with Crippen molar-refractivity contribution in [3.63, 3.8) is 0 Å². The Morgan fingerprint density at radius 1 is 1.21 bits per heavy atom. The van der Waals surface area contributed by atoms with Crippen molar-refractivity contribution in [1.29, 1.82) is 0 Å². The Labute approximate surface area is 111 Å². The summed E-state index contributed by atoms with van der Waals surface area (Å²) < 4.78 is 0. The second-order valence-electron chi connectivity index (χ2n) is 5.23. The first-order chi connectivity index (χ1) is 8.45. The first-order valence-electron chi connectivity index (χ1n) is 5.57. The second-order valence-corrected chi connectivity index (χ2v) is 5.23. The van der Waals surface area contributed by atoms with Crippen molar-refractivity contribution in [2.24, 2.45) is 0 Å². The molecule has 0 rings (SSSR count). The molecule has 0 amide bonds. The van der Waals surface area contributed by atoms with E-state index in [0.29, 0.717) is 0 Å². The Morgan fingerprint density at radius 2 is 1.68 bits per heavy atom. The molecule has 7 nitrogen and oxygen atoms in total. The van der Waals surface area contributed by atoms with E-state index in [0.717, 1.165) is 5.06 Å². The summed E-state index contributed by atoms with van der Waals surface area (Å²) in [4.78, 5) is 38.4. The highest BCUT2D eigenvalue weighted by atomic mass is 16.7. The maximum atomic E-state index is 11.4. The fraction of sp³-hybridized carbons (Fsp3) is 0.667. The lowest BCUT2D eigenvalue weighted by atomic mass is 9.90. The summed E-state index contributed by atoms with van der Waals surface area (Å²) >= 11 is 0. The Kier molecular flexibility index (Phi) is 5.44. The van der Waals surface area contributed by atoms with Crippen LogP contribution in [0.5, 0.6) is 0 Å². The van der Waals surface area contributed by atoms with Crippen LogP contribution in [0.4, 0.5) is 0 Å². The molecule has 0 aromatic carbocycles. The molecule has 0 aromatic heterocycles. The molecule has 0 radical (unpaired) electrons. The molecular weight excluding hydrogens is 254 g/mol. The number of hydrogen-bond donors (Lipinski definition) is 2. The van der Waals surface area contributed by atoms with Crippen molar-refractivity contribution in [2.75, 3.05) is 7.05 Å². The number of carbonyl (C=O) groups excluding carboxylic acids is 1. The zero-order valence-corrected chi connectivity index (χ0v) is 11.7. The molecule has 0 heterocycles. The van der Waals surface area contributed by atoms with E-state index in [2.05, 4.69) is 0 Å². The number of hydrogen-bond acceptors (Lipinski definition) is 5. The molecule has 1 atom stereocenters. The van der Waals surface area contributed by atoms with Gasteiger partial charge in [-0.05, 0) is 27.7 Å². The number of nitrogens with zero attached hydrogens (tertiary/aromatic N) is 1. The third kappa shape index (κ3) is 4.48. The molecule has 0 spiro atoms.